The molecule has 0 bridgehead atoms. The zero-order valence-electron chi connectivity index (χ0n) is 33.4. The molecular weight excluding hydrogens is 773 g/mol. The molecule has 18 heteroatoms. The monoisotopic (exact) mass is 826 g/mol. The van der Waals surface area contributed by atoms with Crippen LogP contribution in [0.25, 0.3) is 5.65 Å². The van der Waals surface area contributed by atoms with Crippen LogP contribution in [0.4, 0.5) is 24.7 Å². The summed E-state index contributed by atoms with van der Waals surface area (Å²) in [7, 11) is 0. The summed E-state index contributed by atoms with van der Waals surface area (Å²) < 4.78 is 33.6. The molecule has 15 nitrogen and oxygen atoms in total. The molecule has 1 aliphatic carbocycles. The number of nitrogens with one attached hydrogen (secondary N) is 4. The van der Waals surface area contributed by atoms with Gasteiger partial charge in [-0.05, 0) is 63.5 Å². The molecule has 5 amide bonds. The van der Waals surface area contributed by atoms with Crippen molar-refractivity contribution in [1.29, 1.82) is 0 Å². The molecule has 1 unspecified atom stereocenters. The fourth-order valence-corrected chi connectivity index (χ4v) is 7.88. The summed E-state index contributed by atoms with van der Waals surface area (Å²) in [6.07, 6.45) is 9.56. The molecule has 3 aromatic rings. The lowest BCUT2D eigenvalue weighted by Crippen LogP contribution is -2.54. The molecule has 3 aliphatic rings. The number of rotatable bonds is 18. The summed E-state index contributed by atoms with van der Waals surface area (Å²) in [6, 6.07) is 8.69. The largest absolute Gasteiger partial charge is 0.490 e. The number of imide groups is 2. The third-order valence-electron chi connectivity index (χ3n) is 11.0. The second-order valence-corrected chi connectivity index (χ2v) is 15.2. The molecule has 2 aromatic heterocycles. The summed E-state index contributed by atoms with van der Waals surface area (Å²) >= 11 is 0. The van der Waals surface area contributed by atoms with E-state index in [0.29, 0.717) is 24.6 Å². The number of benzene rings is 1. The number of aliphatic carboxylic acids is 1. The highest BCUT2D eigenvalue weighted by atomic mass is 19.4. The number of nitrogens with zero attached hydrogens (tertiary/aromatic N) is 4. The highest BCUT2D eigenvalue weighted by Gasteiger charge is 2.45. The Bertz CT molecular complexity index is 2000. The molecule has 3 atom stereocenters. The van der Waals surface area contributed by atoms with Gasteiger partial charge in [0, 0.05) is 60.9 Å². The minimum atomic E-state index is -5.08. The number of hydrogen-bond acceptors (Lipinski definition) is 10. The Balaban J connectivity index is 0.000000867. The van der Waals surface area contributed by atoms with Gasteiger partial charge in [-0.15, -0.1) is 0 Å². The second-order valence-electron chi connectivity index (χ2n) is 15.2. The molecule has 0 radical (unpaired) electrons. The predicted octanol–water partition coefficient (Wildman–Crippen LogP) is 6.35. The number of carbonyl (C=O) groups is 6. The van der Waals surface area contributed by atoms with Crippen molar-refractivity contribution in [2.75, 3.05) is 17.2 Å². The first-order valence-electron chi connectivity index (χ1n) is 20.5. The third kappa shape index (κ3) is 11.6. The van der Waals surface area contributed by atoms with Gasteiger partial charge in [0.1, 0.15) is 11.9 Å². The molecule has 1 saturated carbocycles. The number of carboxylic acid groups (broad SMARTS) is 1. The van der Waals surface area contributed by atoms with Crippen molar-refractivity contribution in [2.45, 2.75) is 140 Å². The van der Waals surface area contributed by atoms with Gasteiger partial charge in [0.2, 0.25) is 17.7 Å². The van der Waals surface area contributed by atoms with Crippen molar-refractivity contribution >= 4 is 52.7 Å². The number of amides is 5. The van der Waals surface area contributed by atoms with Crippen molar-refractivity contribution in [2.24, 2.45) is 0 Å². The number of fused-ring (bicyclic) bond motifs is 2. The quantitative estimate of drug-likeness (QED) is 0.0706. The van der Waals surface area contributed by atoms with Crippen LogP contribution in [0.3, 0.4) is 0 Å². The van der Waals surface area contributed by atoms with E-state index in [1.807, 2.05) is 10.6 Å². The molecule has 1 aromatic carbocycles. The number of carbonyl (C=O) groups excluding carboxylic acids is 5. The molecule has 6 rings (SSSR count). The maximum Gasteiger partial charge on any atom is 0.490 e. The normalized spacial score (nSPS) is 19.1. The van der Waals surface area contributed by atoms with Crippen molar-refractivity contribution in [1.82, 2.24) is 30.1 Å². The number of anilines is 2. The predicted molar refractivity (Wildman–Crippen MR) is 212 cm³/mol. The van der Waals surface area contributed by atoms with Crippen LogP contribution in [0.2, 0.25) is 0 Å². The van der Waals surface area contributed by atoms with E-state index in [0.717, 1.165) is 99.1 Å². The first kappa shape index (κ1) is 44.6. The van der Waals surface area contributed by atoms with E-state index < -0.39 is 41.8 Å². The zero-order chi connectivity index (χ0) is 42.7. The Labute approximate surface area is 340 Å². The van der Waals surface area contributed by atoms with E-state index in [-0.39, 0.29) is 42.0 Å². The molecule has 1 saturated heterocycles. The number of aromatic nitrogens is 3. The lowest BCUT2D eigenvalue weighted by Gasteiger charge is -2.27. The van der Waals surface area contributed by atoms with Crippen LogP contribution in [-0.4, -0.2) is 91.0 Å². The fraction of sp³-hybridized carbons (Fsp3) is 0.561. The van der Waals surface area contributed by atoms with Gasteiger partial charge >= 0.3 is 12.1 Å². The lowest BCUT2D eigenvalue weighted by molar-refractivity contribution is -0.192. The van der Waals surface area contributed by atoms with E-state index in [4.69, 9.17) is 14.9 Å². The Morgan fingerprint density at radius 3 is 2.29 bits per heavy atom. The average Bonchev–Trinajstić information content (AvgIpc) is 3.91. The van der Waals surface area contributed by atoms with Gasteiger partial charge < -0.3 is 21.1 Å². The maximum atomic E-state index is 13.3. The molecule has 2 fully saturated rings. The minimum absolute atomic E-state index is 0.0913. The number of unbranched alkanes of at least 4 members (excludes halogenated alkanes) is 6. The first-order chi connectivity index (χ1) is 28.2. The van der Waals surface area contributed by atoms with Crippen LogP contribution >= 0.6 is 0 Å². The molecular formula is C41H53F3N8O7. The van der Waals surface area contributed by atoms with E-state index in [2.05, 4.69) is 46.3 Å². The number of carboxylic acids is 1. The number of halogens is 3. The summed E-state index contributed by atoms with van der Waals surface area (Å²) in [5.41, 5.74) is 3.12. The number of piperidine rings is 1. The Hall–Kier alpha value is -5.55. The molecule has 0 spiro atoms. The van der Waals surface area contributed by atoms with Crippen LogP contribution in [0.5, 0.6) is 0 Å². The van der Waals surface area contributed by atoms with Crippen LogP contribution < -0.4 is 21.3 Å². The summed E-state index contributed by atoms with van der Waals surface area (Å²) in [5.74, 6) is -3.23. The lowest BCUT2D eigenvalue weighted by atomic mass is 9.99. The van der Waals surface area contributed by atoms with Crippen molar-refractivity contribution in [3.8, 4) is 0 Å². The highest BCUT2D eigenvalue weighted by Crippen LogP contribution is 2.33. The summed E-state index contributed by atoms with van der Waals surface area (Å²) in [6.45, 7) is 5.06. The molecule has 320 valence electrons. The smallest absolute Gasteiger partial charge is 0.475 e. The van der Waals surface area contributed by atoms with Gasteiger partial charge in [0.25, 0.3) is 11.8 Å². The van der Waals surface area contributed by atoms with Crippen LogP contribution in [0.1, 0.15) is 142 Å². The third-order valence-corrected chi connectivity index (χ3v) is 11.0. The second kappa shape index (κ2) is 20.4. The maximum absolute atomic E-state index is 13.3. The summed E-state index contributed by atoms with van der Waals surface area (Å²) in [4.78, 5) is 77.7. The van der Waals surface area contributed by atoms with Crippen molar-refractivity contribution < 1.29 is 47.0 Å². The van der Waals surface area contributed by atoms with Crippen LogP contribution in [-0.2, 0) is 19.2 Å². The first-order valence-corrected chi connectivity index (χ1v) is 20.5. The minimum Gasteiger partial charge on any atom is -0.475 e. The van der Waals surface area contributed by atoms with Gasteiger partial charge in [0.15, 0.2) is 5.65 Å². The standard InChI is InChI=1S/C39H52N8O5.C2HF3O2/c1-3-25(4-2)30-24-33(47-32(44-30)20-22-41-47)42-26-16-17-27(23-26)43-34(48)15-10-8-6-5-7-9-11-21-40-29-14-12-13-28-36(29)39(52)46(38(28)51)31-18-19-35(49)45-37(31)50;3-2(4,5)1(6)7/h12-14,20,22,24-27,31,40,42H,3-11,15-19,21,23H2,1-2H3,(H,43,48)(H,45,49,50);(H,6,7)/t26-,27-,31?;/m1./s1. The van der Waals surface area contributed by atoms with E-state index in [1.54, 1.807) is 24.4 Å². The SMILES string of the molecule is CCC(CC)c1cc(N[C@@H]2CC[C@@H](NC(=O)CCCCCCCCCNc3cccc4c3C(=O)N(C3CCC(=O)NC3=O)C4=O)C2)n2nccc2n1.O=C(O)C(F)(F)F. The number of alkyl halides is 3. The molecule has 5 N–H and O–H groups in total. The highest BCUT2D eigenvalue weighted by molar-refractivity contribution is 6.25. The number of hydrogen-bond donors (Lipinski definition) is 5. The average molecular weight is 827 g/mol. The zero-order valence-corrected chi connectivity index (χ0v) is 33.4. The van der Waals surface area contributed by atoms with Gasteiger partial charge in [-0.25, -0.2) is 9.78 Å². The van der Waals surface area contributed by atoms with Gasteiger partial charge in [-0.1, -0.05) is 52.0 Å². The van der Waals surface area contributed by atoms with Crippen molar-refractivity contribution in [3.63, 3.8) is 0 Å². The fourth-order valence-electron chi connectivity index (χ4n) is 7.88. The molecule has 4 heterocycles. The van der Waals surface area contributed by atoms with Gasteiger partial charge in [-0.3, -0.25) is 34.2 Å². The van der Waals surface area contributed by atoms with Crippen molar-refractivity contribution in [3.05, 3.63) is 53.3 Å². The van der Waals surface area contributed by atoms with Crippen LogP contribution in [0.15, 0.2) is 36.5 Å². The van der Waals surface area contributed by atoms with E-state index >= 15 is 0 Å². The Kier molecular flexibility index (Phi) is 15.4. The van der Waals surface area contributed by atoms with Crippen LogP contribution in [0, 0.1) is 0 Å². The van der Waals surface area contributed by atoms with Gasteiger partial charge in [-0.2, -0.15) is 22.8 Å². The Morgan fingerprint density at radius 2 is 1.61 bits per heavy atom. The summed E-state index contributed by atoms with van der Waals surface area (Å²) in [5, 5.41) is 24.1. The Morgan fingerprint density at radius 1 is 0.932 bits per heavy atom. The topological polar surface area (TPSA) is 204 Å². The van der Waals surface area contributed by atoms with E-state index in [9.17, 15) is 37.1 Å². The molecule has 2 aliphatic heterocycles. The molecule has 59 heavy (non-hydrogen) atoms. The van der Waals surface area contributed by atoms with Gasteiger partial charge in [0.05, 0.1) is 17.3 Å². The van der Waals surface area contributed by atoms with E-state index in [1.165, 1.54) is 0 Å².